The number of rotatable bonds is 4. The number of carbonyl (C=O) groups excluding carboxylic acids is 2. The predicted octanol–water partition coefficient (Wildman–Crippen LogP) is 3.16. The average Bonchev–Trinajstić information content (AvgIpc) is 3.19. The number of amides is 2. The summed E-state index contributed by atoms with van der Waals surface area (Å²) in [5, 5.41) is 4.86. The Balaban J connectivity index is 0.000000316. The molecular formula is C19H25N3O3. The summed E-state index contributed by atoms with van der Waals surface area (Å²) in [7, 11) is 1.50. The zero-order valence-corrected chi connectivity index (χ0v) is 14.6. The zero-order chi connectivity index (χ0) is 17.9. The summed E-state index contributed by atoms with van der Waals surface area (Å²) in [6.45, 7) is -0.0883. The van der Waals surface area contributed by atoms with Crippen LogP contribution in [0.4, 0.5) is 0 Å². The summed E-state index contributed by atoms with van der Waals surface area (Å²) >= 11 is 0. The molecular weight excluding hydrogens is 318 g/mol. The SMILES string of the molecule is C1CCCCC1.CNC(=O)CNC(=O)c1ccc(-c2ccccn2)o1. The highest BCUT2D eigenvalue weighted by atomic mass is 16.4. The van der Waals surface area contributed by atoms with Crippen molar-refractivity contribution in [1.82, 2.24) is 15.6 Å². The smallest absolute Gasteiger partial charge is 0.287 e. The third-order valence-corrected chi connectivity index (χ3v) is 3.94. The van der Waals surface area contributed by atoms with Crippen LogP contribution in [0.2, 0.25) is 0 Å². The van der Waals surface area contributed by atoms with Gasteiger partial charge in [-0.05, 0) is 24.3 Å². The molecule has 0 atom stereocenters. The standard InChI is InChI=1S/C13H13N3O3.C6H12/c1-14-12(17)8-16-13(18)11-6-5-10(19-11)9-4-2-3-7-15-9;1-2-4-6-5-3-1/h2-7H,8H2,1H3,(H,14,17)(H,16,18);1-6H2. The van der Waals surface area contributed by atoms with Crippen molar-refractivity contribution >= 4 is 11.8 Å². The van der Waals surface area contributed by atoms with Crippen LogP contribution >= 0.6 is 0 Å². The topological polar surface area (TPSA) is 84.2 Å². The van der Waals surface area contributed by atoms with Crippen molar-refractivity contribution in [2.24, 2.45) is 0 Å². The number of nitrogens with zero attached hydrogens (tertiary/aromatic N) is 1. The molecule has 134 valence electrons. The zero-order valence-electron chi connectivity index (χ0n) is 14.6. The van der Waals surface area contributed by atoms with Crippen LogP contribution in [0.15, 0.2) is 40.9 Å². The van der Waals surface area contributed by atoms with Gasteiger partial charge in [-0.15, -0.1) is 0 Å². The molecule has 6 nitrogen and oxygen atoms in total. The number of furan rings is 1. The van der Waals surface area contributed by atoms with E-state index in [9.17, 15) is 9.59 Å². The number of pyridine rings is 1. The Labute approximate surface area is 148 Å². The van der Waals surface area contributed by atoms with Gasteiger partial charge in [-0.1, -0.05) is 44.6 Å². The molecule has 0 saturated heterocycles. The second-order valence-electron chi connectivity index (χ2n) is 5.86. The first-order valence-electron chi connectivity index (χ1n) is 8.70. The van der Waals surface area contributed by atoms with Gasteiger partial charge in [0.2, 0.25) is 5.91 Å². The molecule has 0 radical (unpaired) electrons. The summed E-state index contributed by atoms with van der Waals surface area (Å²) in [6.07, 6.45) is 10.6. The van der Waals surface area contributed by atoms with Crippen LogP contribution in [0.5, 0.6) is 0 Å². The summed E-state index contributed by atoms with van der Waals surface area (Å²) in [4.78, 5) is 26.8. The van der Waals surface area contributed by atoms with Gasteiger partial charge >= 0.3 is 0 Å². The average molecular weight is 343 g/mol. The fourth-order valence-electron chi connectivity index (χ4n) is 2.50. The van der Waals surface area contributed by atoms with Crippen LogP contribution in [-0.2, 0) is 4.79 Å². The molecule has 1 saturated carbocycles. The van der Waals surface area contributed by atoms with E-state index in [1.54, 1.807) is 30.5 Å². The third-order valence-electron chi connectivity index (χ3n) is 3.94. The summed E-state index contributed by atoms with van der Waals surface area (Å²) in [6, 6.07) is 8.62. The molecule has 0 aromatic carbocycles. The Hall–Kier alpha value is -2.63. The highest BCUT2D eigenvalue weighted by molar-refractivity contribution is 5.94. The number of likely N-dealkylation sites (N-methyl/N-ethyl adjacent to an activating group) is 1. The Kier molecular flexibility index (Phi) is 7.69. The van der Waals surface area contributed by atoms with Crippen molar-refractivity contribution in [3.05, 3.63) is 42.3 Å². The van der Waals surface area contributed by atoms with Crippen LogP contribution in [0.1, 0.15) is 49.1 Å². The number of aromatic nitrogens is 1. The van der Waals surface area contributed by atoms with Crippen molar-refractivity contribution in [3.8, 4) is 11.5 Å². The second kappa shape index (κ2) is 10.3. The minimum atomic E-state index is -0.439. The normalized spacial score (nSPS) is 13.3. The highest BCUT2D eigenvalue weighted by Crippen LogP contribution is 2.19. The van der Waals surface area contributed by atoms with Crippen molar-refractivity contribution in [1.29, 1.82) is 0 Å². The number of hydrogen-bond acceptors (Lipinski definition) is 4. The molecule has 2 aromatic heterocycles. The first-order chi connectivity index (χ1) is 12.2. The van der Waals surface area contributed by atoms with E-state index in [-0.39, 0.29) is 18.2 Å². The van der Waals surface area contributed by atoms with Crippen LogP contribution in [-0.4, -0.2) is 30.4 Å². The van der Waals surface area contributed by atoms with Gasteiger partial charge in [0.05, 0.1) is 6.54 Å². The summed E-state index contributed by atoms with van der Waals surface area (Å²) in [5.74, 6) is -0.0640. The fraction of sp³-hybridized carbons (Fsp3) is 0.421. The van der Waals surface area contributed by atoms with Gasteiger partial charge in [-0.3, -0.25) is 14.6 Å². The van der Waals surface area contributed by atoms with Gasteiger partial charge in [-0.2, -0.15) is 0 Å². The van der Waals surface area contributed by atoms with Crippen LogP contribution in [0.25, 0.3) is 11.5 Å². The van der Waals surface area contributed by atoms with Crippen LogP contribution < -0.4 is 10.6 Å². The first kappa shape index (κ1) is 18.7. The molecule has 0 unspecified atom stereocenters. The minimum absolute atomic E-state index is 0.0883. The molecule has 2 aromatic rings. The number of carbonyl (C=O) groups is 2. The van der Waals surface area contributed by atoms with Crippen LogP contribution in [0.3, 0.4) is 0 Å². The van der Waals surface area contributed by atoms with Gasteiger partial charge in [-0.25, -0.2) is 0 Å². The largest absolute Gasteiger partial charge is 0.449 e. The van der Waals surface area contributed by atoms with Gasteiger partial charge in [0.25, 0.3) is 5.91 Å². The maximum Gasteiger partial charge on any atom is 0.287 e. The molecule has 0 spiro atoms. The van der Waals surface area contributed by atoms with Gasteiger partial charge < -0.3 is 15.1 Å². The second-order valence-corrected chi connectivity index (χ2v) is 5.86. The van der Waals surface area contributed by atoms with Crippen molar-refractivity contribution in [3.63, 3.8) is 0 Å². The Morgan fingerprint density at radius 2 is 1.72 bits per heavy atom. The maximum atomic E-state index is 11.7. The minimum Gasteiger partial charge on any atom is -0.449 e. The molecule has 0 aliphatic heterocycles. The summed E-state index contributed by atoms with van der Waals surface area (Å²) < 4.78 is 5.39. The Morgan fingerprint density at radius 1 is 1.04 bits per heavy atom. The lowest BCUT2D eigenvalue weighted by molar-refractivity contribution is -0.119. The lowest BCUT2D eigenvalue weighted by Gasteiger charge is -2.05. The van der Waals surface area contributed by atoms with Crippen molar-refractivity contribution < 1.29 is 14.0 Å². The molecule has 2 heterocycles. The molecule has 2 amide bonds. The molecule has 1 aliphatic carbocycles. The molecule has 6 heteroatoms. The molecule has 25 heavy (non-hydrogen) atoms. The fourth-order valence-corrected chi connectivity index (χ4v) is 2.50. The van der Waals surface area contributed by atoms with Crippen molar-refractivity contribution in [2.45, 2.75) is 38.5 Å². The quantitative estimate of drug-likeness (QED) is 0.893. The maximum absolute atomic E-state index is 11.7. The molecule has 1 fully saturated rings. The number of nitrogens with one attached hydrogen (secondary N) is 2. The lowest BCUT2D eigenvalue weighted by Crippen LogP contribution is -2.34. The van der Waals surface area contributed by atoms with E-state index in [2.05, 4.69) is 15.6 Å². The van der Waals surface area contributed by atoms with E-state index in [1.165, 1.54) is 45.6 Å². The van der Waals surface area contributed by atoms with Gasteiger partial charge in [0.1, 0.15) is 5.69 Å². The summed E-state index contributed by atoms with van der Waals surface area (Å²) in [5.41, 5.74) is 0.646. The highest BCUT2D eigenvalue weighted by Gasteiger charge is 2.13. The third kappa shape index (κ3) is 6.41. The van der Waals surface area contributed by atoms with E-state index in [0.717, 1.165) is 0 Å². The van der Waals surface area contributed by atoms with E-state index in [0.29, 0.717) is 11.5 Å². The monoisotopic (exact) mass is 343 g/mol. The van der Waals surface area contributed by atoms with E-state index in [1.807, 2.05) is 6.07 Å². The first-order valence-corrected chi connectivity index (χ1v) is 8.70. The molecule has 2 N–H and O–H groups in total. The van der Waals surface area contributed by atoms with Crippen molar-refractivity contribution in [2.75, 3.05) is 13.6 Å². The lowest BCUT2D eigenvalue weighted by atomic mass is 10.0. The molecule has 3 rings (SSSR count). The van der Waals surface area contributed by atoms with Gasteiger partial charge in [0, 0.05) is 13.2 Å². The van der Waals surface area contributed by atoms with E-state index < -0.39 is 5.91 Å². The number of hydrogen-bond donors (Lipinski definition) is 2. The Bertz CT molecular complexity index is 652. The predicted molar refractivity (Wildman–Crippen MR) is 96.0 cm³/mol. The van der Waals surface area contributed by atoms with Crippen LogP contribution in [0, 0.1) is 0 Å². The van der Waals surface area contributed by atoms with E-state index >= 15 is 0 Å². The van der Waals surface area contributed by atoms with Gasteiger partial charge in [0.15, 0.2) is 11.5 Å². The molecule has 1 aliphatic rings. The Morgan fingerprint density at radius 3 is 2.28 bits per heavy atom. The molecule has 0 bridgehead atoms. The van der Waals surface area contributed by atoms with E-state index in [4.69, 9.17) is 4.42 Å².